The summed E-state index contributed by atoms with van der Waals surface area (Å²) >= 11 is 0. The topological polar surface area (TPSA) is 63.6 Å². The van der Waals surface area contributed by atoms with Crippen LogP contribution in [0.25, 0.3) is 11.5 Å². The molecular formula is C15H12N4O. The summed E-state index contributed by atoms with van der Waals surface area (Å²) in [6.07, 6.45) is 6.64. The van der Waals surface area contributed by atoms with Crippen LogP contribution in [0.3, 0.4) is 0 Å². The predicted octanol–water partition coefficient (Wildman–Crippen LogP) is 4.02. The minimum Gasteiger partial charge on any atom is -0.444 e. The fourth-order valence-electron chi connectivity index (χ4n) is 1.78. The maximum absolute atomic E-state index is 5.30. The third-order valence-corrected chi connectivity index (χ3v) is 2.75. The van der Waals surface area contributed by atoms with Gasteiger partial charge >= 0.3 is 0 Å². The molecule has 2 heterocycles. The Labute approximate surface area is 116 Å². The fourth-order valence-corrected chi connectivity index (χ4v) is 1.78. The summed E-state index contributed by atoms with van der Waals surface area (Å²) < 4.78 is 5.30. The van der Waals surface area contributed by atoms with Crippen LogP contribution in [-0.2, 0) is 6.54 Å². The van der Waals surface area contributed by atoms with E-state index in [1.54, 1.807) is 24.9 Å². The zero-order chi connectivity index (χ0) is 13.6. The van der Waals surface area contributed by atoms with Gasteiger partial charge in [0.25, 0.3) is 0 Å². The second-order valence-electron chi connectivity index (χ2n) is 4.11. The molecule has 0 saturated heterocycles. The Kier molecular flexibility index (Phi) is 3.59. The van der Waals surface area contributed by atoms with Crippen LogP contribution in [-0.4, -0.2) is 9.97 Å². The predicted molar refractivity (Wildman–Crippen MR) is 74.4 cm³/mol. The Balaban J connectivity index is 1.81. The zero-order valence-corrected chi connectivity index (χ0v) is 10.7. The lowest BCUT2D eigenvalue weighted by molar-refractivity contribution is 0.574. The molecule has 0 spiro atoms. The van der Waals surface area contributed by atoms with Gasteiger partial charge in [-0.05, 0) is 29.8 Å². The summed E-state index contributed by atoms with van der Waals surface area (Å²) in [6.45, 7) is 0.516. The lowest BCUT2D eigenvalue weighted by atomic mass is 10.2. The molecule has 0 fully saturated rings. The van der Waals surface area contributed by atoms with E-state index in [0.29, 0.717) is 12.4 Å². The van der Waals surface area contributed by atoms with E-state index >= 15 is 0 Å². The van der Waals surface area contributed by atoms with Gasteiger partial charge in [0.1, 0.15) is 6.26 Å². The SMILES string of the molecule is c1ccc(-c2ncco2)c(N=NCc2ccncc2)c1. The van der Waals surface area contributed by atoms with Crippen LogP contribution in [0, 0.1) is 0 Å². The van der Waals surface area contributed by atoms with Crippen molar-refractivity contribution in [3.63, 3.8) is 0 Å². The number of azo groups is 1. The van der Waals surface area contributed by atoms with Gasteiger partial charge in [0.2, 0.25) is 5.89 Å². The second-order valence-corrected chi connectivity index (χ2v) is 4.11. The highest BCUT2D eigenvalue weighted by molar-refractivity contribution is 5.69. The number of oxazole rings is 1. The molecule has 0 N–H and O–H groups in total. The molecule has 3 aromatic rings. The molecule has 98 valence electrons. The lowest BCUT2D eigenvalue weighted by Gasteiger charge is -2.00. The van der Waals surface area contributed by atoms with Crippen molar-refractivity contribution < 1.29 is 4.42 Å². The smallest absolute Gasteiger partial charge is 0.228 e. The van der Waals surface area contributed by atoms with Gasteiger partial charge in [0, 0.05) is 12.4 Å². The van der Waals surface area contributed by atoms with E-state index in [-0.39, 0.29) is 0 Å². The van der Waals surface area contributed by atoms with Gasteiger partial charge in [-0.25, -0.2) is 4.98 Å². The van der Waals surface area contributed by atoms with Crippen LogP contribution in [0.15, 0.2) is 75.9 Å². The first kappa shape index (κ1) is 12.2. The number of pyridine rings is 1. The summed E-state index contributed by atoms with van der Waals surface area (Å²) in [5, 5.41) is 8.47. The van der Waals surface area contributed by atoms with E-state index in [4.69, 9.17) is 4.42 Å². The van der Waals surface area contributed by atoms with Gasteiger partial charge in [0.15, 0.2) is 0 Å². The standard InChI is InChI=1S/C15H12N4O/c1-2-4-14(13(3-1)15-17-9-10-20-15)19-18-11-12-5-7-16-8-6-12/h1-10H,11H2. The molecule has 0 unspecified atom stereocenters. The number of rotatable bonds is 4. The maximum atomic E-state index is 5.30. The number of aromatic nitrogens is 2. The molecule has 20 heavy (non-hydrogen) atoms. The summed E-state index contributed by atoms with van der Waals surface area (Å²) in [4.78, 5) is 8.10. The monoisotopic (exact) mass is 264 g/mol. The van der Waals surface area contributed by atoms with Crippen molar-refractivity contribution in [1.29, 1.82) is 0 Å². The molecule has 1 aromatic carbocycles. The Hall–Kier alpha value is -2.82. The average Bonchev–Trinajstić information content (AvgIpc) is 3.03. The van der Waals surface area contributed by atoms with Gasteiger partial charge < -0.3 is 4.42 Å². The van der Waals surface area contributed by atoms with Gasteiger partial charge in [0.05, 0.1) is 24.0 Å². The van der Waals surface area contributed by atoms with Crippen molar-refractivity contribution in [3.8, 4) is 11.5 Å². The van der Waals surface area contributed by atoms with E-state index in [1.807, 2.05) is 36.4 Å². The molecule has 0 amide bonds. The zero-order valence-electron chi connectivity index (χ0n) is 10.7. The van der Waals surface area contributed by atoms with E-state index in [9.17, 15) is 0 Å². The quantitative estimate of drug-likeness (QED) is 0.668. The van der Waals surface area contributed by atoms with Crippen molar-refractivity contribution in [2.45, 2.75) is 6.54 Å². The Morgan fingerprint density at radius 2 is 1.85 bits per heavy atom. The minimum atomic E-state index is 0.516. The summed E-state index contributed by atoms with van der Waals surface area (Å²) in [6, 6.07) is 11.5. The molecule has 5 nitrogen and oxygen atoms in total. The molecular weight excluding hydrogens is 252 g/mol. The van der Waals surface area contributed by atoms with Gasteiger partial charge in [-0.3, -0.25) is 4.98 Å². The van der Waals surface area contributed by atoms with Crippen LogP contribution >= 0.6 is 0 Å². The Morgan fingerprint density at radius 1 is 1.00 bits per heavy atom. The first-order valence-electron chi connectivity index (χ1n) is 6.19. The third kappa shape index (κ3) is 2.77. The second kappa shape index (κ2) is 5.88. The Bertz CT molecular complexity index is 693. The highest BCUT2D eigenvalue weighted by Crippen LogP contribution is 2.28. The number of nitrogens with zero attached hydrogens (tertiary/aromatic N) is 4. The van der Waals surface area contributed by atoms with E-state index < -0.39 is 0 Å². The van der Waals surface area contributed by atoms with Crippen LogP contribution in [0.2, 0.25) is 0 Å². The molecule has 0 aliphatic carbocycles. The molecule has 0 aliphatic heterocycles. The number of hydrogen-bond donors (Lipinski definition) is 0. The number of benzene rings is 1. The lowest BCUT2D eigenvalue weighted by Crippen LogP contribution is -1.81. The average molecular weight is 264 g/mol. The molecule has 5 heteroatoms. The normalized spacial score (nSPS) is 11.0. The van der Waals surface area contributed by atoms with Crippen LogP contribution in [0.5, 0.6) is 0 Å². The van der Waals surface area contributed by atoms with Crippen molar-refractivity contribution in [2.24, 2.45) is 10.2 Å². The summed E-state index contributed by atoms with van der Waals surface area (Å²) in [5.74, 6) is 0.545. The van der Waals surface area contributed by atoms with Crippen molar-refractivity contribution in [1.82, 2.24) is 9.97 Å². The third-order valence-electron chi connectivity index (χ3n) is 2.75. The first-order valence-corrected chi connectivity index (χ1v) is 6.19. The Morgan fingerprint density at radius 3 is 2.65 bits per heavy atom. The highest BCUT2D eigenvalue weighted by atomic mass is 16.3. The van der Waals surface area contributed by atoms with E-state index in [1.165, 1.54) is 0 Å². The van der Waals surface area contributed by atoms with Gasteiger partial charge in [-0.1, -0.05) is 12.1 Å². The molecule has 0 radical (unpaired) electrons. The van der Waals surface area contributed by atoms with E-state index in [0.717, 1.165) is 16.8 Å². The maximum Gasteiger partial charge on any atom is 0.228 e. The van der Waals surface area contributed by atoms with Crippen LogP contribution in [0.4, 0.5) is 5.69 Å². The minimum absolute atomic E-state index is 0.516. The molecule has 0 bridgehead atoms. The fraction of sp³-hybridized carbons (Fsp3) is 0.0667. The van der Waals surface area contributed by atoms with Gasteiger partial charge in [-0.15, -0.1) is 0 Å². The van der Waals surface area contributed by atoms with Crippen LogP contribution in [0.1, 0.15) is 5.56 Å². The molecule has 0 aliphatic rings. The van der Waals surface area contributed by atoms with E-state index in [2.05, 4.69) is 20.2 Å². The van der Waals surface area contributed by atoms with Crippen molar-refractivity contribution in [3.05, 3.63) is 66.8 Å². The summed E-state index contributed by atoms with van der Waals surface area (Å²) in [7, 11) is 0. The summed E-state index contributed by atoms with van der Waals surface area (Å²) in [5.41, 5.74) is 2.64. The molecule has 3 rings (SSSR count). The van der Waals surface area contributed by atoms with Crippen molar-refractivity contribution >= 4 is 5.69 Å². The van der Waals surface area contributed by atoms with Gasteiger partial charge in [-0.2, -0.15) is 10.2 Å². The molecule has 0 saturated carbocycles. The van der Waals surface area contributed by atoms with Crippen LogP contribution < -0.4 is 0 Å². The van der Waals surface area contributed by atoms with Crippen molar-refractivity contribution in [2.75, 3.05) is 0 Å². The molecule has 0 atom stereocenters. The highest BCUT2D eigenvalue weighted by Gasteiger charge is 2.07. The largest absolute Gasteiger partial charge is 0.444 e. The number of hydrogen-bond acceptors (Lipinski definition) is 5. The first-order chi connectivity index (χ1) is 9.93. The molecule has 2 aromatic heterocycles.